The van der Waals surface area contributed by atoms with Crippen molar-refractivity contribution in [3.8, 4) is 0 Å². The Kier molecular flexibility index (Phi) is 7.06. The van der Waals surface area contributed by atoms with Crippen LogP contribution in [0.15, 0.2) is 40.6 Å². The van der Waals surface area contributed by atoms with Crippen molar-refractivity contribution in [3.63, 3.8) is 0 Å². The third kappa shape index (κ3) is 5.29. The van der Waals surface area contributed by atoms with Gasteiger partial charge in [0, 0.05) is 32.5 Å². The molecule has 0 saturated carbocycles. The monoisotopic (exact) mass is 316 g/mol. The average molecular weight is 316 g/mol. The number of methoxy groups -OCH3 is 1. The number of carbonyl (C=O) groups is 1. The van der Waals surface area contributed by atoms with Crippen LogP contribution in [0.2, 0.25) is 0 Å². The lowest BCUT2D eigenvalue weighted by atomic mass is 10.1. The third-order valence-corrected chi connectivity index (χ3v) is 3.22. The minimum absolute atomic E-state index is 0.0345. The van der Waals surface area contributed by atoms with E-state index in [0.717, 1.165) is 16.8 Å². The Labute approximate surface area is 137 Å². The lowest BCUT2D eigenvalue weighted by Gasteiger charge is -2.15. The smallest absolute Gasteiger partial charge is 0.343 e. The van der Waals surface area contributed by atoms with E-state index in [1.807, 2.05) is 51.0 Å². The maximum absolute atomic E-state index is 11.7. The van der Waals surface area contributed by atoms with Gasteiger partial charge in [0.25, 0.3) is 0 Å². The summed E-state index contributed by atoms with van der Waals surface area (Å²) in [5, 5.41) is 10.1. The summed E-state index contributed by atoms with van der Waals surface area (Å²) in [7, 11) is 5.24. The first-order chi connectivity index (χ1) is 10.9. The number of allylic oxidation sites excluding steroid dienone is 1. The summed E-state index contributed by atoms with van der Waals surface area (Å²) >= 11 is 0. The summed E-state index contributed by atoms with van der Waals surface area (Å²) in [5.74, 6) is -0.799. The highest BCUT2D eigenvalue weighted by molar-refractivity contribution is 6.10. The van der Waals surface area contributed by atoms with E-state index in [1.54, 1.807) is 6.08 Å². The lowest BCUT2D eigenvalue weighted by molar-refractivity contribution is -0.135. The van der Waals surface area contributed by atoms with Crippen molar-refractivity contribution in [2.24, 2.45) is 4.99 Å². The summed E-state index contributed by atoms with van der Waals surface area (Å²) in [6.07, 6.45) is 4.54. The number of benzene rings is 1. The SMILES string of the molecule is CCN=C/C(C(=O)OC)=C(\O)C=Cc1ccc(N(C)C)c(C)c1. The second kappa shape index (κ2) is 8.78. The molecule has 0 heterocycles. The second-order valence-electron chi connectivity index (χ2n) is 5.19. The van der Waals surface area contributed by atoms with E-state index in [2.05, 4.69) is 9.73 Å². The molecule has 0 aliphatic carbocycles. The predicted molar refractivity (Wildman–Crippen MR) is 95.2 cm³/mol. The van der Waals surface area contributed by atoms with Crippen LogP contribution in [-0.4, -0.2) is 45.0 Å². The fourth-order valence-electron chi connectivity index (χ4n) is 2.06. The van der Waals surface area contributed by atoms with Gasteiger partial charge < -0.3 is 14.7 Å². The van der Waals surface area contributed by atoms with E-state index in [4.69, 9.17) is 0 Å². The Balaban J connectivity index is 3.09. The number of aliphatic hydroxyl groups excluding tert-OH is 1. The minimum atomic E-state index is -0.622. The average Bonchev–Trinajstić information content (AvgIpc) is 2.52. The van der Waals surface area contributed by atoms with Crippen molar-refractivity contribution in [1.82, 2.24) is 0 Å². The molecule has 0 saturated heterocycles. The van der Waals surface area contributed by atoms with E-state index in [9.17, 15) is 9.90 Å². The molecule has 0 bridgehead atoms. The number of hydrogen-bond donors (Lipinski definition) is 1. The van der Waals surface area contributed by atoms with Crippen LogP contribution in [0, 0.1) is 6.92 Å². The molecule has 1 aromatic carbocycles. The second-order valence-corrected chi connectivity index (χ2v) is 5.19. The number of aliphatic imine (C=N–C) groups is 1. The number of nitrogens with zero attached hydrogens (tertiary/aromatic N) is 2. The molecule has 0 aliphatic heterocycles. The predicted octanol–water partition coefficient (Wildman–Crippen LogP) is 3.15. The quantitative estimate of drug-likeness (QED) is 0.288. The van der Waals surface area contributed by atoms with Crippen LogP contribution in [0.4, 0.5) is 5.69 Å². The van der Waals surface area contributed by atoms with Gasteiger partial charge in [-0.1, -0.05) is 12.1 Å². The molecule has 5 heteroatoms. The molecule has 0 unspecified atom stereocenters. The van der Waals surface area contributed by atoms with E-state index < -0.39 is 5.97 Å². The Hall–Kier alpha value is -2.56. The number of aryl methyl sites for hydroxylation is 1. The molecule has 0 atom stereocenters. The summed E-state index contributed by atoms with van der Waals surface area (Å²) in [5.41, 5.74) is 3.22. The first-order valence-corrected chi connectivity index (χ1v) is 7.38. The number of anilines is 1. The summed E-state index contributed by atoms with van der Waals surface area (Å²) < 4.78 is 4.66. The zero-order valence-corrected chi connectivity index (χ0v) is 14.3. The van der Waals surface area contributed by atoms with Gasteiger partial charge in [-0.2, -0.15) is 0 Å². The molecular formula is C18H24N2O3. The summed E-state index contributed by atoms with van der Waals surface area (Å²) in [4.78, 5) is 17.7. The van der Waals surface area contributed by atoms with Crippen LogP contribution < -0.4 is 4.90 Å². The largest absolute Gasteiger partial charge is 0.507 e. The van der Waals surface area contributed by atoms with Crippen molar-refractivity contribution in [2.45, 2.75) is 13.8 Å². The van der Waals surface area contributed by atoms with Crippen molar-refractivity contribution in [3.05, 3.63) is 46.7 Å². The van der Waals surface area contributed by atoms with Crippen LogP contribution in [0.3, 0.4) is 0 Å². The lowest BCUT2D eigenvalue weighted by Crippen LogP contribution is -2.10. The highest BCUT2D eigenvalue weighted by atomic mass is 16.5. The molecule has 0 amide bonds. The topological polar surface area (TPSA) is 62.1 Å². The van der Waals surface area contributed by atoms with Gasteiger partial charge in [0.2, 0.25) is 0 Å². The molecule has 0 radical (unpaired) electrons. The molecule has 23 heavy (non-hydrogen) atoms. The van der Waals surface area contributed by atoms with Gasteiger partial charge in [-0.25, -0.2) is 4.79 Å². The third-order valence-electron chi connectivity index (χ3n) is 3.22. The number of rotatable bonds is 6. The molecule has 0 spiro atoms. The zero-order valence-electron chi connectivity index (χ0n) is 14.3. The molecule has 0 fully saturated rings. The highest BCUT2D eigenvalue weighted by Gasteiger charge is 2.11. The number of ether oxygens (including phenoxy) is 1. The van der Waals surface area contributed by atoms with Gasteiger partial charge in [0.05, 0.1) is 7.11 Å². The molecule has 124 valence electrons. The number of aliphatic hydroxyl groups is 1. The van der Waals surface area contributed by atoms with E-state index in [1.165, 1.54) is 19.4 Å². The van der Waals surface area contributed by atoms with Crippen LogP contribution in [0.25, 0.3) is 6.08 Å². The van der Waals surface area contributed by atoms with Gasteiger partial charge in [-0.3, -0.25) is 4.99 Å². The van der Waals surface area contributed by atoms with Gasteiger partial charge in [-0.15, -0.1) is 0 Å². The Morgan fingerprint density at radius 2 is 2.09 bits per heavy atom. The maximum Gasteiger partial charge on any atom is 0.343 e. The van der Waals surface area contributed by atoms with Crippen molar-refractivity contribution in [1.29, 1.82) is 0 Å². The molecule has 1 N–H and O–H groups in total. The summed E-state index contributed by atoms with van der Waals surface area (Å²) in [6.45, 7) is 4.38. The van der Waals surface area contributed by atoms with Crippen LogP contribution in [-0.2, 0) is 9.53 Å². The zero-order chi connectivity index (χ0) is 17.4. The minimum Gasteiger partial charge on any atom is -0.507 e. The van der Waals surface area contributed by atoms with Crippen molar-refractivity contribution in [2.75, 3.05) is 32.6 Å². The van der Waals surface area contributed by atoms with Crippen LogP contribution in [0.1, 0.15) is 18.1 Å². The van der Waals surface area contributed by atoms with Gasteiger partial charge in [-0.05, 0) is 43.2 Å². The normalized spacial score (nSPS) is 12.6. The maximum atomic E-state index is 11.7. The van der Waals surface area contributed by atoms with Crippen LogP contribution in [0.5, 0.6) is 0 Å². The van der Waals surface area contributed by atoms with E-state index in [0.29, 0.717) is 6.54 Å². The number of hydrogen-bond acceptors (Lipinski definition) is 5. The van der Waals surface area contributed by atoms with Gasteiger partial charge >= 0.3 is 5.97 Å². The Morgan fingerprint density at radius 1 is 1.39 bits per heavy atom. The summed E-state index contributed by atoms with van der Waals surface area (Å²) in [6, 6.07) is 5.97. The standard InChI is InChI=1S/C18H24N2O3/c1-6-19-12-15(18(22)23-5)17(21)10-8-14-7-9-16(20(3)4)13(2)11-14/h7-12,21H,6H2,1-5H3/b10-8?,17-15+,19-12?. The van der Waals surface area contributed by atoms with Crippen LogP contribution >= 0.6 is 0 Å². The Bertz CT molecular complexity index is 644. The fourth-order valence-corrected chi connectivity index (χ4v) is 2.06. The van der Waals surface area contributed by atoms with E-state index >= 15 is 0 Å². The molecular weight excluding hydrogens is 292 g/mol. The molecule has 0 aliphatic rings. The van der Waals surface area contributed by atoms with Crippen molar-refractivity contribution < 1.29 is 14.6 Å². The molecule has 0 aromatic heterocycles. The molecule has 1 aromatic rings. The Morgan fingerprint density at radius 3 is 2.61 bits per heavy atom. The number of esters is 1. The van der Waals surface area contributed by atoms with Gasteiger partial charge in [0.1, 0.15) is 11.3 Å². The molecule has 1 rings (SSSR count). The first-order valence-electron chi connectivity index (χ1n) is 7.38. The molecule has 5 nitrogen and oxygen atoms in total. The van der Waals surface area contributed by atoms with Gasteiger partial charge in [0.15, 0.2) is 0 Å². The fraction of sp³-hybridized carbons (Fsp3) is 0.333. The van der Waals surface area contributed by atoms with E-state index in [-0.39, 0.29) is 11.3 Å². The van der Waals surface area contributed by atoms with Crippen molar-refractivity contribution >= 4 is 23.9 Å². The highest BCUT2D eigenvalue weighted by Crippen LogP contribution is 2.20. The first kappa shape index (κ1) is 18.5. The number of carbonyl (C=O) groups excluding carboxylic acids is 1.